The number of benzene rings is 1. The molecule has 0 saturated carbocycles. The fourth-order valence-corrected chi connectivity index (χ4v) is 2.00. The van der Waals surface area contributed by atoms with Gasteiger partial charge in [0.15, 0.2) is 0 Å². The second-order valence-corrected chi connectivity index (χ2v) is 4.49. The van der Waals surface area contributed by atoms with Gasteiger partial charge in [0.1, 0.15) is 17.9 Å². The molecule has 0 radical (unpaired) electrons. The van der Waals surface area contributed by atoms with Crippen LogP contribution < -0.4 is 0 Å². The van der Waals surface area contributed by atoms with Crippen LogP contribution in [0.2, 0.25) is 0 Å². The van der Waals surface area contributed by atoms with E-state index in [0.29, 0.717) is 23.8 Å². The van der Waals surface area contributed by atoms with E-state index >= 15 is 0 Å². The Balaban J connectivity index is 1.79. The summed E-state index contributed by atoms with van der Waals surface area (Å²) in [5.74, 6) is 0.537. The fraction of sp³-hybridized carbons (Fsp3) is 0.200. The average molecular weight is 298 g/mol. The Morgan fingerprint density at radius 3 is 2.86 bits per heavy atom. The molecule has 0 amide bonds. The number of rotatable bonds is 5. The Morgan fingerprint density at radius 1 is 1.27 bits per heavy atom. The molecule has 0 unspecified atom stereocenters. The van der Waals surface area contributed by atoms with Crippen LogP contribution in [0.15, 0.2) is 47.1 Å². The molecule has 0 aliphatic rings. The first kappa shape index (κ1) is 14.0. The van der Waals surface area contributed by atoms with Crippen LogP contribution in [-0.2, 0) is 11.3 Å². The first-order valence-electron chi connectivity index (χ1n) is 6.84. The number of hydrogen-bond acceptors (Lipinski definition) is 6. The van der Waals surface area contributed by atoms with Crippen molar-refractivity contribution in [2.75, 3.05) is 6.61 Å². The molecule has 0 aliphatic carbocycles. The van der Waals surface area contributed by atoms with Crippen molar-refractivity contribution in [1.29, 1.82) is 0 Å². The molecule has 0 fully saturated rings. The van der Waals surface area contributed by atoms with Gasteiger partial charge in [-0.1, -0.05) is 30.3 Å². The largest absolute Gasteiger partial charge is 0.466 e. The van der Waals surface area contributed by atoms with Gasteiger partial charge in [0, 0.05) is 5.56 Å². The van der Waals surface area contributed by atoms with Crippen molar-refractivity contribution in [2.24, 2.45) is 0 Å². The van der Waals surface area contributed by atoms with Crippen molar-refractivity contribution in [1.82, 2.24) is 20.2 Å². The summed E-state index contributed by atoms with van der Waals surface area (Å²) >= 11 is 0. The molecule has 2 aromatic heterocycles. The smallest absolute Gasteiger partial charge is 0.341 e. The Bertz CT molecular complexity index is 764. The Hall–Kier alpha value is -2.96. The number of esters is 1. The third-order valence-electron chi connectivity index (χ3n) is 3.01. The zero-order valence-electron chi connectivity index (χ0n) is 12.0. The van der Waals surface area contributed by atoms with E-state index in [1.54, 1.807) is 13.0 Å². The molecule has 0 atom stereocenters. The highest BCUT2D eigenvalue weighted by Gasteiger charge is 2.17. The van der Waals surface area contributed by atoms with Gasteiger partial charge in [0.05, 0.1) is 12.9 Å². The molecule has 7 nitrogen and oxygen atoms in total. The number of tetrazole rings is 1. The molecule has 0 bridgehead atoms. The summed E-state index contributed by atoms with van der Waals surface area (Å²) < 4.78 is 10.3. The highest BCUT2D eigenvalue weighted by Crippen LogP contribution is 2.15. The molecule has 3 aromatic rings. The van der Waals surface area contributed by atoms with Crippen LogP contribution in [0.3, 0.4) is 0 Å². The van der Waals surface area contributed by atoms with Crippen molar-refractivity contribution in [2.45, 2.75) is 13.5 Å². The number of aromatic nitrogens is 4. The first-order chi connectivity index (χ1) is 10.8. The number of carbonyl (C=O) groups is 1. The number of furan rings is 1. The molecule has 0 saturated heterocycles. The predicted octanol–water partition coefficient (Wildman–Crippen LogP) is 2.16. The van der Waals surface area contributed by atoms with E-state index < -0.39 is 5.97 Å². The summed E-state index contributed by atoms with van der Waals surface area (Å²) in [6.07, 6.45) is 1.44. The summed E-state index contributed by atoms with van der Waals surface area (Å²) in [5.41, 5.74) is 1.25. The Kier molecular flexibility index (Phi) is 3.95. The van der Waals surface area contributed by atoms with Crippen molar-refractivity contribution in [3.05, 3.63) is 54.0 Å². The molecule has 2 heterocycles. The minimum Gasteiger partial charge on any atom is -0.466 e. The first-order valence-corrected chi connectivity index (χ1v) is 6.84. The molecule has 0 aliphatic heterocycles. The minimum atomic E-state index is -0.422. The second-order valence-electron chi connectivity index (χ2n) is 4.49. The van der Waals surface area contributed by atoms with E-state index in [-0.39, 0.29) is 6.54 Å². The van der Waals surface area contributed by atoms with Crippen LogP contribution in [0.1, 0.15) is 23.0 Å². The lowest BCUT2D eigenvalue weighted by Gasteiger charge is -2.01. The third kappa shape index (κ3) is 2.88. The average Bonchev–Trinajstić information content (AvgIpc) is 3.18. The van der Waals surface area contributed by atoms with Crippen LogP contribution in [0.4, 0.5) is 0 Å². The Morgan fingerprint density at radius 2 is 2.09 bits per heavy atom. The molecule has 7 heteroatoms. The van der Waals surface area contributed by atoms with Gasteiger partial charge in [-0.3, -0.25) is 0 Å². The van der Waals surface area contributed by atoms with Crippen LogP contribution >= 0.6 is 0 Å². The molecule has 22 heavy (non-hydrogen) atoms. The van der Waals surface area contributed by atoms with E-state index in [0.717, 1.165) is 5.56 Å². The molecule has 3 rings (SSSR count). The summed E-state index contributed by atoms with van der Waals surface area (Å²) in [7, 11) is 0. The lowest BCUT2D eigenvalue weighted by molar-refractivity contribution is 0.0523. The van der Waals surface area contributed by atoms with Crippen molar-refractivity contribution in [3.63, 3.8) is 0 Å². The number of carbonyl (C=O) groups excluding carboxylic acids is 1. The monoisotopic (exact) mass is 298 g/mol. The van der Waals surface area contributed by atoms with Crippen molar-refractivity contribution in [3.8, 4) is 11.4 Å². The molecule has 112 valence electrons. The lowest BCUT2D eigenvalue weighted by atomic mass is 10.2. The van der Waals surface area contributed by atoms with Crippen molar-refractivity contribution >= 4 is 5.97 Å². The lowest BCUT2D eigenvalue weighted by Crippen LogP contribution is -2.10. The third-order valence-corrected chi connectivity index (χ3v) is 3.01. The fourth-order valence-electron chi connectivity index (χ4n) is 2.00. The summed E-state index contributed by atoms with van der Waals surface area (Å²) in [6.45, 7) is 2.27. The zero-order chi connectivity index (χ0) is 15.4. The highest BCUT2D eigenvalue weighted by molar-refractivity contribution is 5.90. The van der Waals surface area contributed by atoms with E-state index in [2.05, 4.69) is 15.4 Å². The summed E-state index contributed by atoms with van der Waals surface area (Å²) in [4.78, 5) is 13.2. The van der Waals surface area contributed by atoms with Crippen molar-refractivity contribution < 1.29 is 13.9 Å². The quantitative estimate of drug-likeness (QED) is 0.671. The number of hydrogen-bond donors (Lipinski definition) is 0. The van der Waals surface area contributed by atoms with Crippen LogP contribution in [-0.4, -0.2) is 32.8 Å². The second kappa shape index (κ2) is 6.21. The van der Waals surface area contributed by atoms with Gasteiger partial charge in [-0.05, 0) is 18.2 Å². The highest BCUT2D eigenvalue weighted by atomic mass is 16.5. The predicted molar refractivity (Wildman–Crippen MR) is 77.0 cm³/mol. The maximum absolute atomic E-state index is 11.8. The van der Waals surface area contributed by atoms with E-state index in [1.807, 2.05) is 30.3 Å². The molecule has 1 aromatic carbocycles. The summed E-state index contributed by atoms with van der Waals surface area (Å²) in [5, 5.41) is 12.3. The maximum Gasteiger partial charge on any atom is 0.341 e. The van der Waals surface area contributed by atoms with Crippen LogP contribution in [0.5, 0.6) is 0 Å². The van der Waals surface area contributed by atoms with Gasteiger partial charge in [-0.25, -0.2) is 4.79 Å². The standard InChI is InChI=1S/C15H14N4O3/c1-2-21-15(20)12-8-9-22-13(12)10-19-17-14(16-18-19)11-6-4-3-5-7-11/h3-9H,2,10H2,1H3. The van der Waals surface area contributed by atoms with Crippen LogP contribution in [0.25, 0.3) is 11.4 Å². The van der Waals surface area contributed by atoms with Gasteiger partial charge in [0.25, 0.3) is 0 Å². The molecular weight excluding hydrogens is 284 g/mol. The maximum atomic E-state index is 11.8. The SMILES string of the molecule is CCOC(=O)c1ccoc1Cn1nnc(-c2ccccc2)n1. The minimum absolute atomic E-state index is 0.209. The summed E-state index contributed by atoms with van der Waals surface area (Å²) in [6, 6.07) is 11.1. The van der Waals surface area contributed by atoms with Gasteiger partial charge < -0.3 is 9.15 Å². The van der Waals surface area contributed by atoms with Gasteiger partial charge >= 0.3 is 5.97 Å². The topological polar surface area (TPSA) is 83.0 Å². The van der Waals surface area contributed by atoms with E-state index in [4.69, 9.17) is 9.15 Å². The molecule has 0 spiro atoms. The Labute approximate surface area is 126 Å². The van der Waals surface area contributed by atoms with E-state index in [9.17, 15) is 4.79 Å². The number of nitrogens with zero attached hydrogens (tertiary/aromatic N) is 4. The normalized spacial score (nSPS) is 10.6. The molecular formula is C15H14N4O3. The zero-order valence-corrected chi connectivity index (χ0v) is 12.0. The van der Waals surface area contributed by atoms with E-state index in [1.165, 1.54) is 11.1 Å². The van der Waals surface area contributed by atoms with Gasteiger partial charge in [0.2, 0.25) is 5.82 Å². The number of ether oxygens (including phenoxy) is 1. The van der Waals surface area contributed by atoms with Gasteiger partial charge in [-0.2, -0.15) is 4.80 Å². The molecule has 0 N–H and O–H groups in total. The van der Waals surface area contributed by atoms with Crippen LogP contribution in [0, 0.1) is 0 Å². The van der Waals surface area contributed by atoms with Gasteiger partial charge in [-0.15, -0.1) is 10.2 Å².